The van der Waals surface area contributed by atoms with E-state index in [1.807, 2.05) is 12.3 Å². The molecule has 43 valence electrons. The van der Waals surface area contributed by atoms with Gasteiger partial charge in [0.1, 0.15) is 0 Å². The van der Waals surface area contributed by atoms with E-state index in [-0.39, 0.29) is 0 Å². The third-order valence-corrected chi connectivity index (χ3v) is 1.16. The summed E-state index contributed by atoms with van der Waals surface area (Å²) in [6.45, 7) is 3.06. The van der Waals surface area contributed by atoms with E-state index < -0.39 is 0 Å². The molecule has 0 aromatic heterocycles. The van der Waals surface area contributed by atoms with Crippen LogP contribution in [0.3, 0.4) is 0 Å². The van der Waals surface area contributed by atoms with Crippen LogP contribution in [0.4, 0.5) is 0 Å². The number of dihydropyridines is 1. The molecule has 0 aliphatic carbocycles. The van der Waals surface area contributed by atoms with Gasteiger partial charge < -0.3 is 5.32 Å². The molecule has 0 unspecified atom stereocenters. The average molecular weight is 108 g/mol. The van der Waals surface area contributed by atoms with Gasteiger partial charge in [-0.05, 0) is 18.1 Å². The molecule has 1 heterocycles. The van der Waals surface area contributed by atoms with Crippen LogP contribution >= 0.6 is 0 Å². The zero-order valence-electron chi connectivity index (χ0n) is 5.07. The highest BCUT2D eigenvalue weighted by molar-refractivity contribution is 5.14. The molecule has 1 nitrogen and oxygen atoms in total. The molecule has 8 heavy (non-hydrogen) atoms. The summed E-state index contributed by atoms with van der Waals surface area (Å²) in [6, 6.07) is 0. The van der Waals surface area contributed by atoms with Crippen molar-refractivity contribution in [2.24, 2.45) is 0 Å². The molecule has 1 radical (unpaired) electrons. The lowest BCUT2D eigenvalue weighted by molar-refractivity contribution is 0.924. The lowest BCUT2D eigenvalue weighted by Gasteiger charge is -2.03. The minimum Gasteiger partial charge on any atom is -0.387 e. The Morgan fingerprint density at radius 1 is 1.88 bits per heavy atom. The van der Waals surface area contributed by atoms with Gasteiger partial charge >= 0.3 is 0 Å². The van der Waals surface area contributed by atoms with Crippen molar-refractivity contribution < 1.29 is 0 Å². The summed E-state index contributed by atoms with van der Waals surface area (Å²) in [7, 11) is 0. The van der Waals surface area contributed by atoms with Crippen LogP contribution < -0.4 is 5.32 Å². The van der Waals surface area contributed by atoms with Gasteiger partial charge in [0.25, 0.3) is 0 Å². The Morgan fingerprint density at radius 3 is 3.12 bits per heavy atom. The predicted molar refractivity (Wildman–Crippen MR) is 34.2 cm³/mol. The minimum atomic E-state index is 0.934. The normalized spacial score (nSPS) is 17.4. The number of hydrogen-bond acceptors (Lipinski definition) is 1. The maximum absolute atomic E-state index is 3.14. The fraction of sp³-hybridized carbons (Fsp3) is 0.429. The molecular formula is C7H10N. The fourth-order valence-electron chi connectivity index (χ4n) is 0.669. The van der Waals surface area contributed by atoms with Crippen molar-refractivity contribution in [2.75, 3.05) is 6.54 Å². The SMILES string of the molecule is CCC1=CNCC=[C]1. The van der Waals surface area contributed by atoms with Crippen LogP contribution in [0, 0.1) is 6.08 Å². The van der Waals surface area contributed by atoms with Crippen molar-refractivity contribution in [3.8, 4) is 0 Å². The third-order valence-electron chi connectivity index (χ3n) is 1.16. The first-order valence-electron chi connectivity index (χ1n) is 2.94. The van der Waals surface area contributed by atoms with E-state index in [9.17, 15) is 0 Å². The van der Waals surface area contributed by atoms with E-state index in [1.54, 1.807) is 0 Å². The summed E-state index contributed by atoms with van der Waals surface area (Å²) in [5, 5.41) is 3.11. The highest BCUT2D eigenvalue weighted by Gasteiger charge is 1.90. The van der Waals surface area contributed by atoms with Gasteiger partial charge in [0.15, 0.2) is 0 Å². The zero-order valence-corrected chi connectivity index (χ0v) is 5.07. The molecule has 0 spiro atoms. The molecule has 0 amide bonds. The van der Waals surface area contributed by atoms with Crippen molar-refractivity contribution in [2.45, 2.75) is 13.3 Å². The van der Waals surface area contributed by atoms with Gasteiger partial charge in [0.2, 0.25) is 0 Å². The molecule has 1 aliphatic rings. The van der Waals surface area contributed by atoms with Crippen molar-refractivity contribution in [1.29, 1.82) is 0 Å². The first kappa shape index (κ1) is 5.42. The van der Waals surface area contributed by atoms with E-state index in [1.165, 1.54) is 5.57 Å². The largest absolute Gasteiger partial charge is 0.387 e. The van der Waals surface area contributed by atoms with E-state index in [2.05, 4.69) is 18.3 Å². The van der Waals surface area contributed by atoms with Crippen LogP contribution in [-0.4, -0.2) is 6.54 Å². The van der Waals surface area contributed by atoms with Crippen molar-refractivity contribution >= 4 is 0 Å². The van der Waals surface area contributed by atoms with E-state index in [0.717, 1.165) is 13.0 Å². The molecule has 0 saturated heterocycles. The number of rotatable bonds is 1. The van der Waals surface area contributed by atoms with Crippen LogP contribution in [-0.2, 0) is 0 Å². The van der Waals surface area contributed by atoms with Gasteiger partial charge in [-0.3, -0.25) is 0 Å². The average Bonchev–Trinajstić information content (AvgIpc) is 1.90. The van der Waals surface area contributed by atoms with E-state index >= 15 is 0 Å². The summed E-state index contributed by atoms with van der Waals surface area (Å²) in [6.07, 6.45) is 8.24. The molecule has 0 atom stereocenters. The Labute approximate surface area is 50.1 Å². The standard InChI is InChI=1S/C7H10N/c1-2-7-4-3-5-8-6-7/h3,6,8H,2,5H2,1H3. The van der Waals surface area contributed by atoms with Gasteiger partial charge in [0, 0.05) is 12.7 Å². The van der Waals surface area contributed by atoms with E-state index in [4.69, 9.17) is 0 Å². The molecule has 0 fully saturated rings. The second-order valence-electron chi connectivity index (χ2n) is 1.78. The molecule has 0 bridgehead atoms. The Bertz CT molecular complexity index is 122. The van der Waals surface area contributed by atoms with Gasteiger partial charge in [0.05, 0.1) is 0 Å². The Morgan fingerprint density at radius 2 is 2.75 bits per heavy atom. The quantitative estimate of drug-likeness (QED) is 0.533. The van der Waals surface area contributed by atoms with Crippen LogP contribution in [0.2, 0.25) is 0 Å². The third kappa shape index (κ3) is 1.12. The molecule has 1 N–H and O–H groups in total. The molecule has 0 saturated carbocycles. The lowest BCUT2D eigenvalue weighted by Crippen LogP contribution is -2.08. The molecule has 1 heteroatoms. The van der Waals surface area contributed by atoms with Crippen LogP contribution in [0.1, 0.15) is 13.3 Å². The summed E-state index contributed by atoms with van der Waals surface area (Å²) in [4.78, 5) is 0. The summed E-state index contributed by atoms with van der Waals surface area (Å²) in [5.41, 5.74) is 1.26. The second kappa shape index (κ2) is 2.55. The maximum atomic E-state index is 3.14. The van der Waals surface area contributed by atoms with Crippen LogP contribution in [0.25, 0.3) is 0 Å². The monoisotopic (exact) mass is 108 g/mol. The zero-order chi connectivity index (χ0) is 5.82. The first-order valence-corrected chi connectivity index (χ1v) is 2.94. The smallest absolute Gasteiger partial charge is 0.0334 e. The highest BCUT2D eigenvalue weighted by atomic mass is 14.8. The topological polar surface area (TPSA) is 12.0 Å². The van der Waals surface area contributed by atoms with Gasteiger partial charge in [-0.25, -0.2) is 0 Å². The van der Waals surface area contributed by atoms with Crippen LogP contribution in [0.5, 0.6) is 0 Å². The molecule has 0 aromatic rings. The van der Waals surface area contributed by atoms with Gasteiger partial charge in [-0.15, -0.1) is 0 Å². The van der Waals surface area contributed by atoms with Crippen molar-refractivity contribution in [3.05, 3.63) is 23.9 Å². The Balaban J connectivity index is 2.51. The Kier molecular flexibility index (Phi) is 1.73. The predicted octanol–water partition coefficient (Wildman–Crippen LogP) is 1.24. The number of nitrogens with one attached hydrogen (secondary N) is 1. The number of allylic oxidation sites excluding steroid dienone is 2. The molecular weight excluding hydrogens is 98.1 g/mol. The highest BCUT2D eigenvalue weighted by Crippen LogP contribution is 2.01. The molecule has 1 rings (SSSR count). The van der Waals surface area contributed by atoms with Gasteiger partial charge in [-0.1, -0.05) is 13.0 Å². The fourth-order valence-corrected chi connectivity index (χ4v) is 0.669. The Hall–Kier alpha value is -0.720. The minimum absolute atomic E-state index is 0.934. The van der Waals surface area contributed by atoms with Crippen molar-refractivity contribution in [1.82, 2.24) is 5.32 Å². The number of hydrogen-bond donors (Lipinski definition) is 1. The molecule has 0 aromatic carbocycles. The maximum Gasteiger partial charge on any atom is 0.0334 e. The summed E-state index contributed by atoms with van der Waals surface area (Å²) in [5.74, 6) is 0. The lowest BCUT2D eigenvalue weighted by atomic mass is 10.2. The second-order valence-corrected chi connectivity index (χ2v) is 1.78. The first-order chi connectivity index (χ1) is 3.93. The van der Waals surface area contributed by atoms with Gasteiger partial charge in [-0.2, -0.15) is 0 Å². The van der Waals surface area contributed by atoms with Crippen molar-refractivity contribution in [3.63, 3.8) is 0 Å². The molecule has 1 aliphatic heterocycles. The summed E-state index contributed by atoms with van der Waals surface area (Å²) >= 11 is 0. The summed E-state index contributed by atoms with van der Waals surface area (Å²) < 4.78 is 0. The van der Waals surface area contributed by atoms with E-state index in [0.29, 0.717) is 0 Å². The van der Waals surface area contributed by atoms with Crippen LogP contribution in [0.15, 0.2) is 17.8 Å².